The van der Waals surface area contributed by atoms with E-state index in [2.05, 4.69) is 0 Å². The molecule has 0 saturated heterocycles. The quantitative estimate of drug-likeness (QED) is 0.675. The fourth-order valence-electron chi connectivity index (χ4n) is 1.63. The van der Waals surface area contributed by atoms with Gasteiger partial charge in [0.05, 0.1) is 12.7 Å². The number of hydrogen-bond donors (Lipinski definition) is 2. The fraction of sp³-hybridized carbons (Fsp3) is 0.400. The van der Waals surface area contributed by atoms with Gasteiger partial charge in [-0.15, -0.1) is 0 Å². The molecule has 0 radical (unpaired) electrons. The van der Waals surface area contributed by atoms with E-state index in [-0.39, 0.29) is 18.1 Å². The second-order valence-corrected chi connectivity index (χ2v) is 3.40. The third kappa shape index (κ3) is 0.958. The Morgan fingerprint density at radius 1 is 1.33 bits per heavy atom. The number of benzene rings is 1. The van der Waals surface area contributed by atoms with Crippen molar-refractivity contribution in [3.8, 4) is 0 Å². The summed E-state index contributed by atoms with van der Waals surface area (Å²) < 4.78 is 0. The molecule has 1 aromatic carbocycles. The fourth-order valence-corrected chi connectivity index (χ4v) is 1.63. The van der Waals surface area contributed by atoms with Gasteiger partial charge in [0.1, 0.15) is 0 Å². The molecule has 1 saturated carbocycles. The first-order valence-electron chi connectivity index (χ1n) is 4.14. The second-order valence-electron chi connectivity index (χ2n) is 3.40. The number of hydrogen-bond acceptors (Lipinski definition) is 2. The summed E-state index contributed by atoms with van der Waals surface area (Å²) in [6.07, 6.45) is 0.331. The van der Waals surface area contributed by atoms with Crippen molar-refractivity contribution >= 4 is 0 Å². The molecule has 0 aromatic heterocycles. The highest BCUT2D eigenvalue weighted by Crippen LogP contribution is 2.47. The summed E-state index contributed by atoms with van der Waals surface area (Å²) in [5.41, 5.74) is 0.696. The molecule has 2 heteroatoms. The predicted molar refractivity (Wildman–Crippen MR) is 45.8 cm³/mol. The molecular formula is C10H12O2. The van der Waals surface area contributed by atoms with Gasteiger partial charge in [-0.2, -0.15) is 0 Å². The van der Waals surface area contributed by atoms with E-state index in [1.165, 1.54) is 0 Å². The van der Waals surface area contributed by atoms with Gasteiger partial charge in [-0.3, -0.25) is 0 Å². The van der Waals surface area contributed by atoms with Crippen molar-refractivity contribution in [2.24, 2.45) is 0 Å². The number of rotatable bonds is 2. The van der Waals surface area contributed by atoms with Crippen LogP contribution < -0.4 is 0 Å². The molecule has 1 aliphatic rings. The van der Waals surface area contributed by atoms with Gasteiger partial charge in [0, 0.05) is 5.41 Å². The first kappa shape index (κ1) is 7.77. The van der Waals surface area contributed by atoms with Crippen LogP contribution in [-0.4, -0.2) is 22.9 Å². The van der Waals surface area contributed by atoms with Crippen LogP contribution >= 0.6 is 0 Å². The van der Waals surface area contributed by atoms with Crippen molar-refractivity contribution in [3.05, 3.63) is 35.9 Å². The van der Waals surface area contributed by atoms with E-state index in [9.17, 15) is 5.11 Å². The molecular weight excluding hydrogens is 152 g/mol. The van der Waals surface area contributed by atoms with Crippen LogP contribution in [0.2, 0.25) is 0 Å². The average molecular weight is 164 g/mol. The van der Waals surface area contributed by atoms with Crippen molar-refractivity contribution in [2.75, 3.05) is 6.61 Å². The summed E-state index contributed by atoms with van der Waals surface area (Å²) in [6, 6.07) is 9.69. The van der Waals surface area contributed by atoms with Gasteiger partial charge in [0.15, 0.2) is 0 Å². The van der Waals surface area contributed by atoms with E-state index >= 15 is 0 Å². The van der Waals surface area contributed by atoms with Gasteiger partial charge in [-0.25, -0.2) is 0 Å². The molecule has 1 fully saturated rings. The van der Waals surface area contributed by atoms with Gasteiger partial charge in [-0.05, 0) is 12.0 Å². The van der Waals surface area contributed by atoms with Gasteiger partial charge < -0.3 is 10.2 Å². The molecule has 0 bridgehead atoms. The zero-order valence-corrected chi connectivity index (χ0v) is 6.77. The van der Waals surface area contributed by atoms with Crippen LogP contribution in [0.1, 0.15) is 12.0 Å². The summed E-state index contributed by atoms with van der Waals surface area (Å²) in [5.74, 6) is 0. The minimum absolute atomic E-state index is 0.0399. The Balaban J connectivity index is 2.31. The lowest BCUT2D eigenvalue weighted by Crippen LogP contribution is -2.17. The molecule has 2 nitrogen and oxygen atoms in total. The predicted octanol–water partition coefficient (Wildman–Crippen LogP) is 0.681. The molecule has 0 spiro atoms. The molecule has 64 valence electrons. The van der Waals surface area contributed by atoms with E-state index in [0.717, 1.165) is 5.56 Å². The molecule has 0 unspecified atom stereocenters. The van der Waals surface area contributed by atoms with Crippen molar-refractivity contribution < 1.29 is 10.2 Å². The Bertz CT molecular complexity index is 266. The van der Waals surface area contributed by atoms with Crippen molar-refractivity contribution in [1.82, 2.24) is 0 Å². The minimum atomic E-state index is -0.357. The maximum absolute atomic E-state index is 9.37. The highest BCUT2D eigenvalue weighted by molar-refractivity contribution is 5.34. The van der Waals surface area contributed by atoms with Crippen LogP contribution in [0.3, 0.4) is 0 Å². The maximum Gasteiger partial charge on any atom is 0.0670 e. The van der Waals surface area contributed by atoms with Crippen LogP contribution in [0.5, 0.6) is 0 Å². The topological polar surface area (TPSA) is 40.5 Å². The lowest BCUT2D eigenvalue weighted by atomic mass is 9.97. The zero-order chi connectivity index (χ0) is 8.60. The summed E-state index contributed by atoms with van der Waals surface area (Å²) in [6.45, 7) is 0.0399. The van der Waals surface area contributed by atoms with E-state index < -0.39 is 0 Å². The highest BCUT2D eigenvalue weighted by atomic mass is 16.3. The molecule has 1 aliphatic carbocycles. The van der Waals surface area contributed by atoms with E-state index in [0.29, 0.717) is 6.42 Å². The average Bonchev–Trinajstić information content (AvgIpc) is 2.80. The first-order chi connectivity index (χ1) is 5.79. The largest absolute Gasteiger partial charge is 0.395 e. The minimum Gasteiger partial charge on any atom is -0.395 e. The Hall–Kier alpha value is -0.860. The Labute approximate surface area is 71.5 Å². The monoisotopic (exact) mass is 164 g/mol. The van der Waals surface area contributed by atoms with E-state index in [1.807, 2.05) is 30.3 Å². The summed E-state index contributed by atoms with van der Waals surface area (Å²) in [4.78, 5) is 0. The zero-order valence-electron chi connectivity index (χ0n) is 6.77. The molecule has 0 heterocycles. The highest BCUT2D eigenvalue weighted by Gasteiger charge is 2.54. The standard InChI is InChI=1S/C10H12O2/c11-7-10(6-9(10)12)8-4-2-1-3-5-8/h1-5,9,11-12H,6-7H2/t9-,10-/m0/s1. The van der Waals surface area contributed by atoms with Crippen molar-refractivity contribution in [2.45, 2.75) is 17.9 Å². The third-order valence-electron chi connectivity index (χ3n) is 2.67. The molecule has 0 amide bonds. The van der Waals surface area contributed by atoms with Gasteiger partial charge >= 0.3 is 0 Å². The molecule has 12 heavy (non-hydrogen) atoms. The second kappa shape index (κ2) is 2.57. The maximum atomic E-state index is 9.37. The SMILES string of the molecule is OC[C@]1(c2ccccc2)C[C@@H]1O. The van der Waals surface area contributed by atoms with E-state index in [1.54, 1.807) is 0 Å². The lowest BCUT2D eigenvalue weighted by Gasteiger charge is -2.11. The lowest BCUT2D eigenvalue weighted by molar-refractivity contribution is 0.189. The smallest absolute Gasteiger partial charge is 0.0670 e. The van der Waals surface area contributed by atoms with Crippen LogP contribution in [0, 0.1) is 0 Å². The first-order valence-corrected chi connectivity index (χ1v) is 4.14. The van der Waals surface area contributed by atoms with E-state index in [4.69, 9.17) is 5.11 Å². The summed E-state index contributed by atoms with van der Waals surface area (Å²) in [5, 5.41) is 18.5. The Morgan fingerprint density at radius 3 is 2.33 bits per heavy atom. The van der Waals surface area contributed by atoms with Crippen LogP contribution in [0.4, 0.5) is 0 Å². The van der Waals surface area contributed by atoms with Crippen LogP contribution in [0.25, 0.3) is 0 Å². The normalized spacial score (nSPS) is 33.3. The van der Waals surface area contributed by atoms with Gasteiger partial charge in [0.25, 0.3) is 0 Å². The number of aliphatic hydroxyl groups is 2. The van der Waals surface area contributed by atoms with Gasteiger partial charge in [0.2, 0.25) is 0 Å². The molecule has 1 aromatic rings. The summed E-state index contributed by atoms with van der Waals surface area (Å²) >= 11 is 0. The van der Waals surface area contributed by atoms with Gasteiger partial charge in [-0.1, -0.05) is 30.3 Å². The van der Waals surface area contributed by atoms with Crippen molar-refractivity contribution in [1.29, 1.82) is 0 Å². The Kier molecular flexibility index (Phi) is 1.67. The molecule has 2 atom stereocenters. The molecule has 0 aliphatic heterocycles. The van der Waals surface area contributed by atoms with Crippen LogP contribution in [0.15, 0.2) is 30.3 Å². The molecule has 2 N–H and O–H groups in total. The van der Waals surface area contributed by atoms with Crippen LogP contribution in [-0.2, 0) is 5.41 Å². The third-order valence-corrected chi connectivity index (χ3v) is 2.67. The van der Waals surface area contributed by atoms with Crippen molar-refractivity contribution in [3.63, 3.8) is 0 Å². The number of aliphatic hydroxyl groups excluding tert-OH is 2. The summed E-state index contributed by atoms with van der Waals surface area (Å²) in [7, 11) is 0. The Morgan fingerprint density at radius 2 is 1.92 bits per heavy atom. The molecule has 2 rings (SSSR count).